The number of likely N-dealkylation sites (tertiary alicyclic amines) is 1. The quantitative estimate of drug-likeness (QED) is 0.708. The summed E-state index contributed by atoms with van der Waals surface area (Å²) < 4.78 is 25.0. The van der Waals surface area contributed by atoms with E-state index in [4.69, 9.17) is 9.47 Å². The highest BCUT2D eigenvalue weighted by Gasteiger charge is 2.33. The number of carbonyl (C=O) groups is 1. The van der Waals surface area contributed by atoms with Crippen LogP contribution in [0.3, 0.4) is 0 Å². The number of para-hydroxylation sites is 1. The molecular formula is C24H30FN3O3. The Morgan fingerprint density at radius 1 is 1.03 bits per heavy atom. The average molecular weight is 428 g/mol. The van der Waals surface area contributed by atoms with Crippen LogP contribution in [0.25, 0.3) is 0 Å². The molecule has 0 saturated carbocycles. The van der Waals surface area contributed by atoms with E-state index in [2.05, 4.69) is 9.80 Å². The third-order valence-electron chi connectivity index (χ3n) is 6.29. The number of ether oxygens (including phenoxy) is 2. The fraction of sp³-hybridized carbons (Fsp3) is 0.458. The van der Waals surface area contributed by atoms with Crippen LogP contribution in [0.1, 0.15) is 24.4 Å². The summed E-state index contributed by atoms with van der Waals surface area (Å²) in [7, 11) is 3.30. The number of rotatable bonds is 6. The summed E-state index contributed by atoms with van der Waals surface area (Å²) in [5.74, 6) is 1.48. The zero-order valence-electron chi connectivity index (χ0n) is 18.2. The molecule has 2 saturated heterocycles. The SMILES string of the molecule is COc1ccc(OC)c(C2CCCN2C(=O)CN2CCN(c3ccccc3F)CC2)c1. The predicted octanol–water partition coefficient (Wildman–Crippen LogP) is 3.33. The molecule has 0 aliphatic carbocycles. The van der Waals surface area contributed by atoms with Crippen LogP contribution in [0, 0.1) is 5.82 Å². The summed E-state index contributed by atoms with van der Waals surface area (Å²) in [6, 6.07) is 12.6. The maximum atomic E-state index is 14.1. The monoisotopic (exact) mass is 427 g/mol. The first kappa shape index (κ1) is 21.4. The minimum Gasteiger partial charge on any atom is -0.497 e. The molecule has 7 heteroatoms. The number of nitrogens with zero attached hydrogens (tertiary/aromatic N) is 3. The summed E-state index contributed by atoms with van der Waals surface area (Å²) in [5, 5.41) is 0. The molecule has 1 unspecified atom stereocenters. The molecule has 2 heterocycles. The average Bonchev–Trinajstić information content (AvgIpc) is 3.29. The van der Waals surface area contributed by atoms with Crippen LogP contribution >= 0.6 is 0 Å². The van der Waals surface area contributed by atoms with E-state index in [9.17, 15) is 9.18 Å². The van der Waals surface area contributed by atoms with Gasteiger partial charge in [-0.3, -0.25) is 9.69 Å². The van der Waals surface area contributed by atoms with Crippen molar-refractivity contribution in [2.75, 3.05) is 58.4 Å². The van der Waals surface area contributed by atoms with Crippen molar-refractivity contribution in [1.82, 2.24) is 9.80 Å². The highest BCUT2D eigenvalue weighted by molar-refractivity contribution is 5.79. The predicted molar refractivity (Wildman–Crippen MR) is 118 cm³/mol. The molecule has 6 nitrogen and oxygen atoms in total. The Labute approximate surface area is 183 Å². The minimum absolute atomic E-state index is 0.00254. The lowest BCUT2D eigenvalue weighted by Gasteiger charge is -2.37. The highest BCUT2D eigenvalue weighted by Crippen LogP contribution is 2.39. The summed E-state index contributed by atoms with van der Waals surface area (Å²) in [6.45, 7) is 4.03. The third kappa shape index (κ3) is 4.61. The van der Waals surface area contributed by atoms with Crippen LogP contribution < -0.4 is 14.4 Å². The van der Waals surface area contributed by atoms with Crippen molar-refractivity contribution < 1.29 is 18.7 Å². The number of hydrogen-bond donors (Lipinski definition) is 0. The van der Waals surface area contributed by atoms with Gasteiger partial charge in [-0.1, -0.05) is 12.1 Å². The molecule has 0 radical (unpaired) electrons. The standard InChI is InChI=1S/C24H30FN3O3/c1-30-18-9-10-23(31-2)19(16-18)21-8-5-11-28(21)24(29)17-26-12-14-27(15-13-26)22-7-4-3-6-20(22)25/h3-4,6-7,9-10,16,21H,5,8,11-15,17H2,1-2H3. The van der Waals surface area contributed by atoms with Gasteiger partial charge in [-0.15, -0.1) is 0 Å². The first-order chi connectivity index (χ1) is 15.1. The van der Waals surface area contributed by atoms with Gasteiger partial charge in [-0.2, -0.15) is 0 Å². The van der Waals surface area contributed by atoms with Gasteiger partial charge in [0, 0.05) is 38.3 Å². The van der Waals surface area contributed by atoms with E-state index in [0.717, 1.165) is 49.5 Å². The van der Waals surface area contributed by atoms with Crippen LogP contribution in [-0.2, 0) is 4.79 Å². The van der Waals surface area contributed by atoms with Crippen molar-refractivity contribution in [2.24, 2.45) is 0 Å². The molecule has 166 valence electrons. The van der Waals surface area contributed by atoms with Crippen molar-refractivity contribution in [3.8, 4) is 11.5 Å². The van der Waals surface area contributed by atoms with E-state index in [-0.39, 0.29) is 17.8 Å². The molecule has 2 aromatic carbocycles. The number of halogens is 1. The Bertz CT molecular complexity index is 915. The Hall–Kier alpha value is -2.80. The lowest BCUT2D eigenvalue weighted by atomic mass is 10.0. The molecular weight excluding hydrogens is 397 g/mol. The number of carbonyl (C=O) groups excluding carboxylic acids is 1. The zero-order valence-corrected chi connectivity index (χ0v) is 18.2. The van der Waals surface area contributed by atoms with Crippen LogP contribution in [0.4, 0.5) is 10.1 Å². The third-order valence-corrected chi connectivity index (χ3v) is 6.29. The molecule has 1 atom stereocenters. The number of amides is 1. The molecule has 2 aliphatic heterocycles. The van der Waals surface area contributed by atoms with Crippen LogP contribution in [0.2, 0.25) is 0 Å². The second-order valence-electron chi connectivity index (χ2n) is 8.07. The second-order valence-corrected chi connectivity index (χ2v) is 8.07. The van der Waals surface area contributed by atoms with Gasteiger partial charge in [0.05, 0.1) is 32.5 Å². The Kier molecular flexibility index (Phi) is 6.61. The first-order valence-corrected chi connectivity index (χ1v) is 10.8. The van der Waals surface area contributed by atoms with Crippen molar-refractivity contribution >= 4 is 11.6 Å². The summed E-state index contributed by atoms with van der Waals surface area (Å²) in [4.78, 5) is 19.4. The topological polar surface area (TPSA) is 45.3 Å². The van der Waals surface area contributed by atoms with Gasteiger partial charge in [-0.05, 0) is 43.2 Å². The van der Waals surface area contributed by atoms with Crippen LogP contribution in [0.15, 0.2) is 42.5 Å². The first-order valence-electron chi connectivity index (χ1n) is 10.8. The normalized spacial score (nSPS) is 19.5. The van der Waals surface area contributed by atoms with Gasteiger partial charge in [0.2, 0.25) is 5.91 Å². The van der Waals surface area contributed by atoms with Crippen LogP contribution in [0.5, 0.6) is 11.5 Å². The summed E-state index contributed by atoms with van der Waals surface area (Å²) in [5.41, 5.74) is 1.63. The van der Waals surface area contributed by atoms with E-state index in [1.54, 1.807) is 20.3 Å². The number of methoxy groups -OCH3 is 2. The Morgan fingerprint density at radius 2 is 1.81 bits per heavy atom. The molecule has 2 fully saturated rings. The molecule has 0 spiro atoms. The van der Waals surface area contributed by atoms with Crippen molar-refractivity contribution in [2.45, 2.75) is 18.9 Å². The van der Waals surface area contributed by atoms with Gasteiger partial charge in [-0.25, -0.2) is 4.39 Å². The van der Waals surface area contributed by atoms with E-state index < -0.39 is 0 Å². The molecule has 2 aliphatic rings. The largest absolute Gasteiger partial charge is 0.497 e. The number of hydrogen-bond acceptors (Lipinski definition) is 5. The zero-order chi connectivity index (χ0) is 21.8. The Morgan fingerprint density at radius 3 is 2.52 bits per heavy atom. The fourth-order valence-corrected chi connectivity index (χ4v) is 4.63. The van der Waals surface area contributed by atoms with Gasteiger partial charge in [0.25, 0.3) is 0 Å². The van der Waals surface area contributed by atoms with E-state index in [1.807, 2.05) is 35.2 Å². The van der Waals surface area contributed by atoms with E-state index in [1.165, 1.54) is 6.07 Å². The van der Waals surface area contributed by atoms with Crippen molar-refractivity contribution in [1.29, 1.82) is 0 Å². The smallest absolute Gasteiger partial charge is 0.237 e. The highest BCUT2D eigenvalue weighted by atomic mass is 19.1. The minimum atomic E-state index is -0.195. The summed E-state index contributed by atoms with van der Waals surface area (Å²) >= 11 is 0. The van der Waals surface area contributed by atoms with E-state index >= 15 is 0 Å². The molecule has 0 N–H and O–H groups in total. The van der Waals surface area contributed by atoms with E-state index in [0.29, 0.717) is 25.3 Å². The second kappa shape index (κ2) is 9.56. The lowest BCUT2D eigenvalue weighted by Crippen LogP contribution is -2.50. The van der Waals surface area contributed by atoms with Gasteiger partial charge in [0.1, 0.15) is 17.3 Å². The molecule has 1 amide bonds. The molecule has 2 aromatic rings. The Balaban J connectivity index is 1.39. The van der Waals surface area contributed by atoms with Gasteiger partial charge in [0.15, 0.2) is 0 Å². The fourth-order valence-electron chi connectivity index (χ4n) is 4.63. The molecule has 0 bridgehead atoms. The molecule has 4 rings (SSSR count). The lowest BCUT2D eigenvalue weighted by molar-refractivity contribution is -0.133. The van der Waals surface area contributed by atoms with Crippen molar-refractivity contribution in [3.05, 3.63) is 53.8 Å². The van der Waals surface area contributed by atoms with Gasteiger partial charge < -0.3 is 19.3 Å². The molecule has 0 aromatic heterocycles. The number of piperazine rings is 1. The molecule has 31 heavy (non-hydrogen) atoms. The maximum absolute atomic E-state index is 14.1. The van der Waals surface area contributed by atoms with Gasteiger partial charge >= 0.3 is 0 Å². The van der Waals surface area contributed by atoms with Crippen LogP contribution in [-0.4, -0.2) is 69.2 Å². The number of benzene rings is 2. The number of anilines is 1. The maximum Gasteiger partial charge on any atom is 0.237 e. The summed E-state index contributed by atoms with van der Waals surface area (Å²) in [6.07, 6.45) is 1.88. The van der Waals surface area contributed by atoms with Crippen molar-refractivity contribution in [3.63, 3.8) is 0 Å².